The van der Waals surface area contributed by atoms with Gasteiger partial charge in [0, 0.05) is 18.3 Å². The first-order valence-electron chi connectivity index (χ1n) is 6.27. The molecule has 1 N–H and O–H groups in total. The molecule has 1 unspecified atom stereocenters. The van der Waals surface area contributed by atoms with Crippen LogP contribution in [0.3, 0.4) is 0 Å². The lowest BCUT2D eigenvalue weighted by Gasteiger charge is -2.06. The fraction of sp³-hybridized carbons (Fsp3) is 0.583. The summed E-state index contributed by atoms with van der Waals surface area (Å²) in [6, 6.07) is 0. The van der Waals surface area contributed by atoms with Gasteiger partial charge in [-0.3, -0.25) is 4.68 Å². The Labute approximate surface area is 111 Å². The molecule has 0 saturated carbocycles. The predicted octanol–water partition coefficient (Wildman–Crippen LogP) is 2.18. The SMILES string of the molecule is CCCc1nnsc1C(O)c1cnn(CCC)c1. The Morgan fingerprint density at radius 2 is 2.22 bits per heavy atom. The Morgan fingerprint density at radius 1 is 1.39 bits per heavy atom. The second-order valence-electron chi connectivity index (χ2n) is 4.27. The van der Waals surface area contributed by atoms with Gasteiger partial charge in [-0.2, -0.15) is 5.10 Å². The zero-order valence-corrected chi connectivity index (χ0v) is 11.5. The summed E-state index contributed by atoms with van der Waals surface area (Å²) in [5, 5.41) is 18.7. The van der Waals surface area contributed by atoms with Crippen molar-refractivity contribution in [2.24, 2.45) is 0 Å². The maximum Gasteiger partial charge on any atom is 0.120 e. The third-order valence-corrected chi connectivity index (χ3v) is 3.56. The summed E-state index contributed by atoms with van der Waals surface area (Å²) in [5.74, 6) is 0. The van der Waals surface area contributed by atoms with Crippen molar-refractivity contribution < 1.29 is 5.11 Å². The molecule has 0 aliphatic rings. The molecule has 98 valence electrons. The van der Waals surface area contributed by atoms with E-state index in [1.165, 1.54) is 11.5 Å². The Kier molecular flexibility index (Phi) is 4.43. The lowest BCUT2D eigenvalue weighted by molar-refractivity contribution is 0.222. The molecule has 0 aliphatic heterocycles. The van der Waals surface area contributed by atoms with Gasteiger partial charge in [0.15, 0.2) is 0 Å². The molecule has 0 saturated heterocycles. The Bertz CT molecular complexity index is 494. The molecule has 2 heterocycles. The molecule has 18 heavy (non-hydrogen) atoms. The molecule has 2 aromatic heterocycles. The third kappa shape index (κ3) is 2.76. The number of aliphatic hydroxyl groups is 1. The molecule has 2 aromatic rings. The molecule has 0 radical (unpaired) electrons. The minimum atomic E-state index is -0.655. The highest BCUT2D eigenvalue weighted by Gasteiger charge is 2.19. The van der Waals surface area contributed by atoms with E-state index in [-0.39, 0.29) is 0 Å². The van der Waals surface area contributed by atoms with Crippen molar-refractivity contribution in [2.75, 3.05) is 0 Å². The van der Waals surface area contributed by atoms with Crippen LogP contribution in [-0.4, -0.2) is 24.5 Å². The highest BCUT2D eigenvalue weighted by Crippen LogP contribution is 2.27. The van der Waals surface area contributed by atoms with Gasteiger partial charge in [-0.25, -0.2) is 0 Å². The molecule has 0 amide bonds. The second-order valence-corrected chi connectivity index (χ2v) is 5.06. The first-order chi connectivity index (χ1) is 8.76. The minimum Gasteiger partial charge on any atom is -0.383 e. The van der Waals surface area contributed by atoms with Crippen LogP contribution in [0.4, 0.5) is 0 Å². The van der Waals surface area contributed by atoms with E-state index in [0.717, 1.165) is 41.9 Å². The van der Waals surface area contributed by atoms with Crippen LogP contribution in [0, 0.1) is 0 Å². The molecule has 6 heteroatoms. The molecular formula is C12H18N4OS. The topological polar surface area (TPSA) is 63.8 Å². The lowest BCUT2D eigenvalue weighted by Crippen LogP contribution is -2.01. The zero-order chi connectivity index (χ0) is 13.0. The van der Waals surface area contributed by atoms with Crippen LogP contribution < -0.4 is 0 Å². The van der Waals surface area contributed by atoms with E-state index < -0.39 is 6.10 Å². The Hall–Kier alpha value is -1.27. The largest absolute Gasteiger partial charge is 0.383 e. The summed E-state index contributed by atoms with van der Waals surface area (Å²) in [4.78, 5) is 0.841. The summed E-state index contributed by atoms with van der Waals surface area (Å²) >= 11 is 1.27. The fourth-order valence-electron chi connectivity index (χ4n) is 1.86. The van der Waals surface area contributed by atoms with E-state index in [4.69, 9.17) is 0 Å². The van der Waals surface area contributed by atoms with E-state index in [2.05, 4.69) is 28.5 Å². The highest BCUT2D eigenvalue weighted by atomic mass is 32.1. The van der Waals surface area contributed by atoms with E-state index in [1.54, 1.807) is 6.20 Å². The first kappa shape index (κ1) is 13.2. The molecule has 0 spiro atoms. The third-order valence-electron chi connectivity index (χ3n) is 2.74. The number of aryl methyl sites for hydroxylation is 2. The molecule has 0 aliphatic carbocycles. The van der Waals surface area contributed by atoms with Gasteiger partial charge >= 0.3 is 0 Å². The normalized spacial score (nSPS) is 12.8. The maximum atomic E-state index is 10.3. The number of rotatable bonds is 6. The van der Waals surface area contributed by atoms with E-state index in [9.17, 15) is 5.11 Å². The van der Waals surface area contributed by atoms with Gasteiger partial charge in [0.05, 0.1) is 16.8 Å². The smallest absolute Gasteiger partial charge is 0.120 e. The van der Waals surface area contributed by atoms with Crippen molar-refractivity contribution >= 4 is 11.5 Å². The van der Waals surface area contributed by atoms with Crippen LogP contribution in [0.2, 0.25) is 0 Å². The van der Waals surface area contributed by atoms with Crippen molar-refractivity contribution in [1.29, 1.82) is 0 Å². The van der Waals surface area contributed by atoms with Crippen molar-refractivity contribution in [3.8, 4) is 0 Å². The first-order valence-corrected chi connectivity index (χ1v) is 7.05. The van der Waals surface area contributed by atoms with Gasteiger partial charge < -0.3 is 5.11 Å². The van der Waals surface area contributed by atoms with E-state index >= 15 is 0 Å². The van der Waals surface area contributed by atoms with E-state index in [1.807, 2.05) is 10.9 Å². The molecule has 0 fully saturated rings. The second kappa shape index (κ2) is 6.06. The molecule has 0 aromatic carbocycles. The van der Waals surface area contributed by atoms with Crippen LogP contribution in [0.1, 0.15) is 48.9 Å². The predicted molar refractivity (Wildman–Crippen MR) is 70.5 cm³/mol. The lowest BCUT2D eigenvalue weighted by atomic mass is 10.1. The van der Waals surface area contributed by atoms with Crippen LogP contribution >= 0.6 is 11.5 Å². The average molecular weight is 266 g/mol. The monoisotopic (exact) mass is 266 g/mol. The number of aliphatic hydroxyl groups excluding tert-OH is 1. The summed E-state index contributed by atoms with van der Waals surface area (Å²) in [7, 11) is 0. The molecule has 2 rings (SSSR count). The number of aromatic nitrogens is 4. The number of hydrogen-bond donors (Lipinski definition) is 1. The van der Waals surface area contributed by atoms with Crippen LogP contribution in [0.15, 0.2) is 12.4 Å². The van der Waals surface area contributed by atoms with Crippen molar-refractivity contribution in [3.05, 3.63) is 28.5 Å². The van der Waals surface area contributed by atoms with Gasteiger partial charge in [-0.15, -0.1) is 5.10 Å². The number of nitrogens with zero attached hydrogens (tertiary/aromatic N) is 4. The summed E-state index contributed by atoms with van der Waals surface area (Å²) in [6.07, 6.45) is 5.84. The summed E-state index contributed by atoms with van der Waals surface area (Å²) < 4.78 is 5.79. The van der Waals surface area contributed by atoms with Gasteiger partial charge in [0.25, 0.3) is 0 Å². The van der Waals surface area contributed by atoms with Crippen LogP contribution in [-0.2, 0) is 13.0 Å². The Morgan fingerprint density at radius 3 is 2.94 bits per heavy atom. The highest BCUT2D eigenvalue weighted by molar-refractivity contribution is 7.05. The summed E-state index contributed by atoms with van der Waals surface area (Å²) in [6.45, 7) is 5.06. The average Bonchev–Trinajstić information content (AvgIpc) is 2.98. The standard InChI is InChI=1S/C12H18N4OS/c1-3-5-10-12(18-15-14-10)11(17)9-7-13-16(8-9)6-4-2/h7-8,11,17H,3-6H2,1-2H3. The van der Waals surface area contributed by atoms with Crippen LogP contribution in [0.25, 0.3) is 0 Å². The van der Waals surface area contributed by atoms with E-state index in [0.29, 0.717) is 0 Å². The number of hydrogen-bond acceptors (Lipinski definition) is 5. The van der Waals surface area contributed by atoms with Crippen molar-refractivity contribution in [2.45, 2.75) is 45.8 Å². The van der Waals surface area contributed by atoms with Gasteiger partial charge in [-0.05, 0) is 24.4 Å². The van der Waals surface area contributed by atoms with Gasteiger partial charge in [0.2, 0.25) is 0 Å². The Balaban J connectivity index is 2.18. The summed E-state index contributed by atoms with van der Waals surface area (Å²) in [5.41, 5.74) is 1.71. The quantitative estimate of drug-likeness (QED) is 0.870. The van der Waals surface area contributed by atoms with Crippen LogP contribution in [0.5, 0.6) is 0 Å². The maximum absolute atomic E-state index is 10.3. The molecular weight excluding hydrogens is 248 g/mol. The molecule has 1 atom stereocenters. The zero-order valence-electron chi connectivity index (χ0n) is 10.7. The van der Waals surface area contributed by atoms with Crippen molar-refractivity contribution in [3.63, 3.8) is 0 Å². The van der Waals surface area contributed by atoms with Crippen molar-refractivity contribution in [1.82, 2.24) is 19.4 Å². The van der Waals surface area contributed by atoms with Gasteiger partial charge in [-0.1, -0.05) is 24.8 Å². The molecule has 5 nitrogen and oxygen atoms in total. The minimum absolute atomic E-state index is 0.655. The molecule has 0 bridgehead atoms. The van der Waals surface area contributed by atoms with Gasteiger partial charge in [0.1, 0.15) is 6.10 Å². The fourth-order valence-corrected chi connectivity index (χ4v) is 2.57.